The summed E-state index contributed by atoms with van der Waals surface area (Å²) in [6.45, 7) is 45.3. The van der Waals surface area contributed by atoms with Crippen LogP contribution in [0.25, 0.3) is 10.8 Å². The van der Waals surface area contributed by atoms with Crippen LogP contribution in [-0.4, -0.2) is 104 Å². The maximum atomic E-state index is 12.1. The van der Waals surface area contributed by atoms with E-state index in [-0.39, 0.29) is 99.6 Å². The van der Waals surface area contributed by atoms with Gasteiger partial charge in [-0.15, -0.1) is 0 Å². The fraction of sp³-hybridized carbons (Fsp3) is 0.438. The van der Waals surface area contributed by atoms with Crippen LogP contribution in [0.1, 0.15) is 302 Å². The summed E-state index contributed by atoms with van der Waals surface area (Å²) in [6, 6.07) is 85.6. The second-order valence-electron chi connectivity index (χ2n) is 39.7. The van der Waals surface area contributed by atoms with Crippen molar-refractivity contribution in [2.75, 3.05) is 13.7 Å². The first-order valence-corrected chi connectivity index (χ1v) is 53.4. The van der Waals surface area contributed by atoms with Gasteiger partial charge in [0.05, 0.1) is 58.4 Å². The maximum Gasteiger partial charge on any atom is 0.344 e. The first-order chi connectivity index (χ1) is 67.8. The molecular weight excluding hydrogens is 1820 g/mol. The molecule has 5 aliphatic rings. The minimum Gasteiger partial charge on any atom is -0.744 e. The van der Waals surface area contributed by atoms with E-state index < -0.39 is 27.1 Å². The molecular formula is C121H154O19S2. The molecule has 4 fully saturated rings. The molecule has 3 aliphatic heterocycles. The van der Waals surface area contributed by atoms with E-state index in [1.165, 1.54) is 116 Å². The second-order valence-corrected chi connectivity index (χ2v) is 43.0. The lowest BCUT2D eigenvalue weighted by Crippen LogP contribution is -2.40. The van der Waals surface area contributed by atoms with Crippen LogP contribution >= 0.6 is 0 Å². The van der Waals surface area contributed by atoms with Gasteiger partial charge in [-0.25, -0.2) is 13.2 Å². The SMILES string of the molecule is CC1c2cccc3cccc(c23)C1C.CCC(C)C(=O)OC1C2CC3C(=O)OC1C3O2.CCC(C)C(=O)Oc1ccc(O)cc1.CCC(C)c1ccc(O)cc1.CCC(C)c1ccc(OC(=O)c2ccccc2S(=O)(=O)[O-])cc1.CCC(C)c1ccc(OC(OC2CCCCC2)C(C)(C)C)cc1.CCOC(Oc1ccc(C(C)CC)cc1)C(C)(C)C.COc1cccc([S+](c2ccccc2)c2ccccc2)c1. The average molecular weight is 1980 g/mol. The van der Waals surface area contributed by atoms with Gasteiger partial charge in [0.25, 0.3) is 0 Å². The van der Waals surface area contributed by atoms with Gasteiger partial charge < -0.3 is 62.1 Å². The highest BCUT2D eigenvalue weighted by molar-refractivity contribution is 7.97. The van der Waals surface area contributed by atoms with Crippen molar-refractivity contribution in [2.24, 2.45) is 28.6 Å². The summed E-state index contributed by atoms with van der Waals surface area (Å²) >= 11 is 0. The molecule has 15 unspecified atom stereocenters. The third-order valence-corrected chi connectivity index (χ3v) is 30.1. The average Bonchev–Trinajstić information content (AvgIpc) is 1.57. The Morgan fingerprint density at radius 1 is 0.465 bits per heavy atom. The zero-order chi connectivity index (χ0) is 104. The van der Waals surface area contributed by atoms with Crippen LogP contribution in [0.2, 0.25) is 0 Å². The zero-order valence-electron chi connectivity index (χ0n) is 87.5. The van der Waals surface area contributed by atoms with Crippen LogP contribution in [0.5, 0.6) is 40.2 Å². The molecule has 2 aliphatic carbocycles. The zero-order valence-corrected chi connectivity index (χ0v) is 89.1. The number of phenolic OH excluding ortho intramolecular Hbond substituents is 2. The van der Waals surface area contributed by atoms with Crippen molar-refractivity contribution in [2.45, 2.75) is 321 Å². The van der Waals surface area contributed by atoms with E-state index in [9.17, 15) is 32.1 Å². The van der Waals surface area contributed by atoms with Crippen molar-refractivity contribution in [3.8, 4) is 40.2 Å². The summed E-state index contributed by atoms with van der Waals surface area (Å²) in [5.74, 6) is 5.58. The van der Waals surface area contributed by atoms with Gasteiger partial charge in [0.15, 0.2) is 26.9 Å². The molecule has 21 heteroatoms. The molecule has 15 atom stereocenters. The Kier molecular flexibility index (Phi) is 44.7. The van der Waals surface area contributed by atoms with Crippen molar-refractivity contribution >= 4 is 55.7 Å². The van der Waals surface area contributed by atoms with Crippen molar-refractivity contribution in [3.63, 3.8) is 0 Å². The number of phenols is 2. The molecule has 2 bridgehead atoms. The monoisotopic (exact) mass is 1980 g/mol. The number of hydrogen-bond acceptors (Lipinski definition) is 19. The number of aromatic hydroxyl groups is 2. The number of esters is 4. The summed E-state index contributed by atoms with van der Waals surface area (Å²) in [6.07, 6.45) is 11.7. The highest BCUT2D eigenvalue weighted by Gasteiger charge is 2.65. The molecule has 1 saturated carbocycles. The second kappa shape index (κ2) is 55.5. The molecule has 764 valence electrons. The Morgan fingerprint density at radius 2 is 0.880 bits per heavy atom. The summed E-state index contributed by atoms with van der Waals surface area (Å²) in [5.41, 5.74) is 7.88. The Hall–Kier alpha value is -11.3. The fourth-order valence-corrected chi connectivity index (χ4v) is 19.5. The van der Waals surface area contributed by atoms with Crippen LogP contribution in [-0.2, 0) is 59.1 Å². The highest BCUT2D eigenvalue weighted by Crippen LogP contribution is 2.49. The van der Waals surface area contributed by atoms with Gasteiger partial charge in [-0.2, -0.15) is 0 Å². The Bertz CT molecular complexity index is 5700. The van der Waals surface area contributed by atoms with Crippen molar-refractivity contribution < 1.29 is 89.7 Å². The van der Waals surface area contributed by atoms with Gasteiger partial charge in [-0.3, -0.25) is 14.4 Å². The van der Waals surface area contributed by atoms with Crippen molar-refractivity contribution in [1.29, 1.82) is 0 Å². The molecule has 2 N–H and O–H groups in total. The molecule has 3 heterocycles. The van der Waals surface area contributed by atoms with Crippen molar-refractivity contribution in [3.05, 3.63) is 306 Å². The van der Waals surface area contributed by atoms with E-state index in [4.69, 9.17) is 57.6 Å². The minimum absolute atomic E-state index is 0.0349. The number of benzene rings is 11. The summed E-state index contributed by atoms with van der Waals surface area (Å²) in [5, 5.41) is 20.9. The van der Waals surface area contributed by atoms with Crippen LogP contribution in [0, 0.1) is 28.6 Å². The molecule has 11 aromatic carbocycles. The van der Waals surface area contributed by atoms with Crippen LogP contribution in [0.4, 0.5) is 0 Å². The first kappa shape index (κ1) is 114. The molecule has 19 nitrogen and oxygen atoms in total. The molecule has 11 aromatic rings. The van der Waals surface area contributed by atoms with Gasteiger partial charge >= 0.3 is 23.9 Å². The first-order valence-electron chi connectivity index (χ1n) is 50.8. The van der Waals surface area contributed by atoms with Gasteiger partial charge in [-0.1, -0.05) is 297 Å². The topological polar surface area (TPSA) is 258 Å². The third-order valence-electron chi connectivity index (χ3n) is 27.0. The molecule has 142 heavy (non-hydrogen) atoms. The van der Waals surface area contributed by atoms with Gasteiger partial charge in [0, 0.05) is 23.5 Å². The van der Waals surface area contributed by atoms with Crippen LogP contribution in [0.3, 0.4) is 0 Å². The standard InChI is InChI=1S/C21H34O2.C19H17OS.C17H18O5S.C17H28O2.C14H14.C12H16O5.C11H14O3.C10H14O/c1-6-16(2)17-12-14-19(15-13-17)23-20(21(3,4)5)22-18-10-8-7-9-11-18;1-20-16-9-8-14-19(15-16)21(17-10-4-2-5-11-17)18-12-6-3-7-13-18;1-3-12(2)13-8-10-14(11-9-13)22-17(18)15-6-4-5-7-16(15)23(19,20)21;1-7-13(3)14-9-11-15(12-10-14)19-16(18-8-2)17(4,5)6;1-9-10(2)13-8-4-6-11-5-3-7-12(9)14(11)13;1-3-5(2)11(13)16-9-7-4-6-8(15-7)10(9)17-12(6)14;1-3-8(2)11(13)14-10-6-4-9(12)5-7-10;1-3-8(2)9-4-6-10(11)7-5-9/h12-16,18,20H,6-11H2,1-5H3;2-15H,1H3;4-12H,3H2,1-2H3,(H,19,20,21);9-13,16H,7-8H2,1-6H3;3-10H,1-2H3;5-10H,3-4H2,1-2H3;4-8,12H,3H2,1-2H3;4-8,11H,3H2,1-2H3/q;+1;;;;;;/p-1. The third kappa shape index (κ3) is 33.4. The highest BCUT2D eigenvalue weighted by atomic mass is 32.2. The lowest BCUT2D eigenvalue weighted by molar-refractivity contribution is -0.177. The Labute approximate surface area is 849 Å². The predicted octanol–water partition coefficient (Wildman–Crippen LogP) is 29.4. The summed E-state index contributed by atoms with van der Waals surface area (Å²) in [4.78, 5) is 50.0. The number of rotatable bonds is 29. The number of hydrogen-bond donors (Lipinski definition) is 2. The minimum atomic E-state index is -4.74. The largest absolute Gasteiger partial charge is 0.744 e. The fourth-order valence-electron chi connectivity index (χ4n) is 16.7. The number of carbonyl (C=O) groups excluding carboxylic acids is 4. The number of fused-ring (bicyclic) bond motifs is 1. The van der Waals surface area contributed by atoms with E-state index in [0.29, 0.717) is 71.9 Å². The maximum absolute atomic E-state index is 12.1. The Balaban J connectivity index is 0.000000183. The van der Waals surface area contributed by atoms with E-state index >= 15 is 0 Å². The van der Waals surface area contributed by atoms with Crippen LogP contribution in [0.15, 0.2) is 287 Å². The smallest absolute Gasteiger partial charge is 0.344 e. The number of methoxy groups -OCH3 is 1. The lowest BCUT2D eigenvalue weighted by atomic mass is 9.88. The summed E-state index contributed by atoms with van der Waals surface area (Å²) < 4.78 is 89.7. The quantitative estimate of drug-likeness (QED) is 0.0145. The molecule has 16 rings (SSSR count). The van der Waals surface area contributed by atoms with E-state index in [0.717, 1.165) is 67.4 Å². The molecule has 0 aromatic heterocycles. The normalized spacial score (nSPS) is 18.6. The van der Waals surface area contributed by atoms with Gasteiger partial charge in [0.1, 0.15) is 56.5 Å². The summed E-state index contributed by atoms with van der Waals surface area (Å²) in [7, 11) is -3.14. The molecule has 0 radical (unpaired) electrons. The number of ether oxygens (including phenoxy) is 10. The van der Waals surface area contributed by atoms with Gasteiger partial charge in [0.2, 0.25) is 12.6 Å². The Morgan fingerprint density at radius 3 is 1.33 bits per heavy atom. The number of carbonyl (C=O) groups is 4. The van der Waals surface area contributed by atoms with Crippen LogP contribution < -0.4 is 23.7 Å². The van der Waals surface area contributed by atoms with Crippen molar-refractivity contribution in [1.82, 2.24) is 0 Å². The van der Waals surface area contributed by atoms with Gasteiger partial charge in [-0.05, 0) is 266 Å². The lowest BCUT2D eigenvalue weighted by Gasteiger charge is -2.35. The predicted molar refractivity (Wildman–Crippen MR) is 567 cm³/mol. The molecule has 3 saturated heterocycles. The van der Waals surface area contributed by atoms with E-state index in [1.54, 1.807) is 43.5 Å². The molecule has 0 spiro atoms. The molecule has 0 amide bonds. The van der Waals surface area contributed by atoms with E-state index in [2.05, 4.69) is 262 Å². The van der Waals surface area contributed by atoms with E-state index in [1.807, 2.05) is 77.1 Å².